The third-order valence-electron chi connectivity index (χ3n) is 9.10. The van der Waals surface area contributed by atoms with Crippen molar-refractivity contribution < 1.29 is 18.7 Å². The highest BCUT2D eigenvalue weighted by molar-refractivity contribution is 6.99. The molecule has 218 valence electrons. The number of ketones is 1. The third kappa shape index (κ3) is 5.88. The van der Waals surface area contributed by atoms with E-state index in [1.807, 2.05) is 0 Å². The number of ether oxygens (including phenoxy) is 2. The van der Waals surface area contributed by atoms with Gasteiger partial charge in [0.2, 0.25) is 0 Å². The van der Waals surface area contributed by atoms with Gasteiger partial charge >= 0.3 is 0 Å². The van der Waals surface area contributed by atoms with Crippen molar-refractivity contribution in [2.24, 2.45) is 5.92 Å². The summed E-state index contributed by atoms with van der Waals surface area (Å²) in [5.41, 5.74) is 2.50. The van der Waals surface area contributed by atoms with Crippen LogP contribution in [-0.2, 0) is 15.6 Å². The van der Waals surface area contributed by atoms with Crippen molar-refractivity contribution in [3.63, 3.8) is 0 Å². The molecule has 0 amide bonds. The number of fused-ring (bicyclic) bond motifs is 3. The smallest absolute Gasteiger partial charge is 0.261 e. The number of hydrogen-bond donors (Lipinski definition) is 0. The Hall–Kier alpha value is -2.93. The van der Waals surface area contributed by atoms with Crippen LogP contribution < -0.4 is 19.8 Å². The van der Waals surface area contributed by atoms with Crippen LogP contribution in [0.1, 0.15) is 63.6 Å². The van der Waals surface area contributed by atoms with E-state index in [1.54, 1.807) is 14.2 Å². The highest BCUT2D eigenvalue weighted by Crippen LogP contribution is 2.42. The standard InChI is InChI=1S/C35H45NO4Si/c1-35(2,3)41(28-15-8-6-9-16-28,29-17-10-7-11-18-29)40-21-13-12-14-27-25-36-20-19-26-22-33(38-4)34(39-5)23-30(26)31(36)24-32(27)37/h6-11,15-18,22-23,27,31H,12-14,19-21,24-25H2,1-5H3/t27-,31-/m1/s1. The molecule has 0 spiro atoms. The number of piperidine rings is 1. The molecule has 3 aromatic carbocycles. The largest absolute Gasteiger partial charge is 0.493 e. The summed E-state index contributed by atoms with van der Waals surface area (Å²) in [6.45, 7) is 9.48. The first-order valence-electron chi connectivity index (χ1n) is 15.0. The van der Waals surface area contributed by atoms with Crippen LogP contribution in [0.4, 0.5) is 0 Å². The molecule has 0 saturated carbocycles. The Morgan fingerprint density at radius 2 is 1.49 bits per heavy atom. The van der Waals surface area contributed by atoms with Gasteiger partial charge in [-0.15, -0.1) is 0 Å². The highest BCUT2D eigenvalue weighted by atomic mass is 28.4. The fraction of sp³-hybridized carbons (Fsp3) is 0.457. The Bertz CT molecular complexity index is 1280. The van der Waals surface area contributed by atoms with Gasteiger partial charge in [-0.2, -0.15) is 0 Å². The Kier molecular flexibility index (Phi) is 9.02. The topological polar surface area (TPSA) is 48.0 Å². The van der Waals surface area contributed by atoms with Crippen LogP contribution >= 0.6 is 0 Å². The summed E-state index contributed by atoms with van der Waals surface area (Å²) < 4.78 is 18.2. The summed E-state index contributed by atoms with van der Waals surface area (Å²) in [4.78, 5) is 15.9. The number of rotatable bonds is 10. The third-order valence-corrected chi connectivity index (χ3v) is 14.1. The van der Waals surface area contributed by atoms with Crippen LogP contribution in [0.3, 0.4) is 0 Å². The molecule has 0 bridgehead atoms. The van der Waals surface area contributed by atoms with Crippen molar-refractivity contribution in [1.29, 1.82) is 0 Å². The van der Waals surface area contributed by atoms with Crippen LogP contribution in [0.5, 0.6) is 11.5 Å². The predicted molar refractivity (Wildman–Crippen MR) is 168 cm³/mol. The minimum absolute atomic E-state index is 0.0265. The van der Waals surface area contributed by atoms with Crippen LogP contribution in [-0.4, -0.2) is 52.9 Å². The molecule has 2 atom stereocenters. The number of carbonyl (C=O) groups excluding carboxylic acids is 1. The van der Waals surface area contributed by atoms with E-state index in [1.165, 1.54) is 21.5 Å². The van der Waals surface area contributed by atoms with E-state index >= 15 is 0 Å². The van der Waals surface area contributed by atoms with Gasteiger partial charge in [0.25, 0.3) is 8.32 Å². The molecule has 5 nitrogen and oxygen atoms in total. The SMILES string of the molecule is COc1cc2c(cc1OC)[C@H]1CC(=O)[C@H](CCCCO[Si](c3ccccc3)(c3ccccc3)C(C)(C)C)CN1CC2. The molecule has 2 heterocycles. The Morgan fingerprint density at radius 3 is 2.07 bits per heavy atom. The van der Waals surface area contributed by atoms with Crippen molar-refractivity contribution in [2.75, 3.05) is 33.9 Å². The molecule has 0 radical (unpaired) electrons. The number of benzene rings is 3. The molecule has 41 heavy (non-hydrogen) atoms. The first-order valence-corrected chi connectivity index (χ1v) is 17.0. The van der Waals surface area contributed by atoms with Gasteiger partial charge in [-0.25, -0.2) is 0 Å². The molecule has 2 aliphatic heterocycles. The molecule has 0 unspecified atom stereocenters. The minimum Gasteiger partial charge on any atom is -0.493 e. The van der Waals surface area contributed by atoms with Crippen LogP contribution in [0.15, 0.2) is 72.8 Å². The second-order valence-corrected chi connectivity index (χ2v) is 16.8. The van der Waals surface area contributed by atoms with Crippen LogP contribution in [0, 0.1) is 5.92 Å². The maximum absolute atomic E-state index is 13.4. The quantitative estimate of drug-likeness (QED) is 0.223. The van der Waals surface area contributed by atoms with E-state index in [9.17, 15) is 4.79 Å². The lowest BCUT2D eigenvalue weighted by Crippen LogP contribution is -2.66. The summed E-state index contributed by atoms with van der Waals surface area (Å²) in [6, 6.07) is 25.9. The number of carbonyl (C=O) groups is 1. The molecule has 5 rings (SSSR count). The summed E-state index contributed by atoms with van der Waals surface area (Å²) in [5, 5.41) is 2.60. The molecule has 0 aromatic heterocycles. The zero-order valence-electron chi connectivity index (χ0n) is 25.3. The molecular weight excluding hydrogens is 526 g/mol. The van der Waals surface area contributed by atoms with Crippen molar-refractivity contribution >= 4 is 24.5 Å². The van der Waals surface area contributed by atoms with E-state index in [2.05, 4.69) is 98.5 Å². The van der Waals surface area contributed by atoms with Crippen molar-refractivity contribution in [3.05, 3.63) is 83.9 Å². The number of nitrogens with zero attached hydrogens (tertiary/aromatic N) is 1. The van der Waals surface area contributed by atoms with E-state index < -0.39 is 8.32 Å². The second kappa shape index (κ2) is 12.5. The minimum atomic E-state index is -2.52. The van der Waals surface area contributed by atoms with Gasteiger partial charge in [0, 0.05) is 38.1 Å². The number of Topliss-reactive ketones (excluding diaryl/α,β-unsaturated/α-hetero) is 1. The van der Waals surface area contributed by atoms with Crippen LogP contribution in [0.25, 0.3) is 0 Å². The van der Waals surface area contributed by atoms with Crippen molar-refractivity contribution in [2.45, 2.75) is 64.0 Å². The fourth-order valence-corrected chi connectivity index (χ4v) is 11.6. The van der Waals surface area contributed by atoms with Gasteiger partial charge < -0.3 is 13.9 Å². The number of methoxy groups -OCH3 is 2. The van der Waals surface area contributed by atoms with E-state index in [-0.39, 0.29) is 17.0 Å². The molecule has 0 aliphatic carbocycles. The van der Waals surface area contributed by atoms with Crippen molar-refractivity contribution in [1.82, 2.24) is 4.90 Å². The number of unbranched alkanes of at least 4 members (excludes halogenated alkanes) is 1. The summed E-state index contributed by atoms with van der Waals surface area (Å²) in [5.74, 6) is 1.99. The average Bonchev–Trinajstić information content (AvgIpc) is 2.98. The lowest BCUT2D eigenvalue weighted by molar-refractivity contribution is -0.129. The normalized spacial score (nSPS) is 19.4. The van der Waals surface area contributed by atoms with Gasteiger partial charge in [-0.1, -0.05) is 87.9 Å². The molecular formula is C35H45NO4Si. The van der Waals surface area contributed by atoms with Gasteiger partial charge in [-0.05, 0) is 57.9 Å². The highest BCUT2D eigenvalue weighted by Gasteiger charge is 2.50. The van der Waals surface area contributed by atoms with Crippen LogP contribution in [0.2, 0.25) is 5.04 Å². The second-order valence-electron chi connectivity index (χ2n) is 12.5. The van der Waals surface area contributed by atoms with Crippen molar-refractivity contribution in [3.8, 4) is 11.5 Å². The zero-order valence-corrected chi connectivity index (χ0v) is 26.3. The fourth-order valence-electron chi connectivity index (χ4n) is 7.01. The van der Waals surface area contributed by atoms with Gasteiger partial charge in [0.1, 0.15) is 5.78 Å². The van der Waals surface area contributed by atoms with Gasteiger partial charge in [0.15, 0.2) is 11.5 Å². The zero-order chi connectivity index (χ0) is 29.0. The lowest BCUT2D eigenvalue weighted by atomic mass is 9.81. The predicted octanol–water partition coefficient (Wildman–Crippen LogP) is 5.94. The Morgan fingerprint density at radius 1 is 0.878 bits per heavy atom. The van der Waals surface area contributed by atoms with E-state index in [4.69, 9.17) is 13.9 Å². The van der Waals surface area contributed by atoms with Gasteiger partial charge in [0.05, 0.1) is 14.2 Å². The summed E-state index contributed by atoms with van der Waals surface area (Å²) >= 11 is 0. The summed E-state index contributed by atoms with van der Waals surface area (Å²) in [6.07, 6.45) is 4.42. The van der Waals surface area contributed by atoms with Gasteiger partial charge in [-0.3, -0.25) is 9.69 Å². The molecule has 2 aliphatic rings. The summed E-state index contributed by atoms with van der Waals surface area (Å²) in [7, 11) is 0.827. The maximum Gasteiger partial charge on any atom is 0.261 e. The molecule has 6 heteroatoms. The van der Waals surface area contributed by atoms with E-state index in [0.29, 0.717) is 18.8 Å². The molecule has 3 aromatic rings. The first-order chi connectivity index (χ1) is 19.8. The average molecular weight is 572 g/mol. The monoisotopic (exact) mass is 571 g/mol. The molecule has 0 N–H and O–H groups in total. The van der Waals surface area contributed by atoms with E-state index in [0.717, 1.165) is 50.3 Å². The Labute approximate surface area is 247 Å². The number of hydrogen-bond acceptors (Lipinski definition) is 5. The first kappa shape index (κ1) is 29.6. The Balaban J connectivity index is 1.23. The maximum atomic E-state index is 13.4. The lowest BCUT2D eigenvalue weighted by Gasteiger charge is -2.43. The molecule has 1 saturated heterocycles. The molecule has 1 fully saturated rings.